The van der Waals surface area contributed by atoms with Crippen LogP contribution in [-0.2, 0) is 0 Å². The number of thiol groups is 1. The van der Waals surface area contributed by atoms with Crippen LogP contribution in [0.1, 0.15) is 0 Å². The molecule has 1 aromatic carbocycles. The van der Waals surface area contributed by atoms with E-state index >= 15 is 0 Å². The van der Waals surface area contributed by atoms with Crippen molar-refractivity contribution in [1.29, 1.82) is 0 Å². The summed E-state index contributed by atoms with van der Waals surface area (Å²) in [4.78, 5) is 0.438. The van der Waals surface area contributed by atoms with Crippen LogP contribution < -0.4 is 0 Å². The van der Waals surface area contributed by atoms with Gasteiger partial charge in [-0.1, -0.05) is 11.6 Å². The molecule has 1 aromatic rings. The lowest BCUT2D eigenvalue weighted by molar-refractivity contribution is 0.623. The Morgan fingerprint density at radius 2 is 2.10 bits per heavy atom. The zero-order valence-electron chi connectivity index (χ0n) is 4.74. The second kappa shape index (κ2) is 3.11. The second-order valence-corrected chi connectivity index (χ2v) is 3.43. The van der Waals surface area contributed by atoms with E-state index < -0.39 is 0 Å². The Hall–Kier alpha value is 0.270. The standard InChI is InChI=1S/C6H3BrClFS/c7-4-1-3(9)2-5(10)6(4)8/h1-2,10H. The molecule has 0 aliphatic heterocycles. The van der Waals surface area contributed by atoms with E-state index in [-0.39, 0.29) is 5.82 Å². The molecule has 0 saturated carbocycles. The highest BCUT2D eigenvalue weighted by Gasteiger charge is 2.02. The van der Waals surface area contributed by atoms with Crippen molar-refractivity contribution < 1.29 is 4.39 Å². The van der Waals surface area contributed by atoms with Gasteiger partial charge < -0.3 is 0 Å². The first-order chi connectivity index (χ1) is 4.61. The van der Waals surface area contributed by atoms with Gasteiger partial charge in [0, 0.05) is 9.37 Å². The summed E-state index contributed by atoms with van der Waals surface area (Å²) in [6.45, 7) is 0. The van der Waals surface area contributed by atoms with E-state index in [9.17, 15) is 4.39 Å². The summed E-state index contributed by atoms with van der Waals surface area (Å²) in [5.74, 6) is -0.346. The fraction of sp³-hybridized carbons (Fsp3) is 0. The predicted octanol–water partition coefficient (Wildman–Crippen LogP) is 3.53. The minimum absolute atomic E-state index is 0.346. The van der Waals surface area contributed by atoms with Gasteiger partial charge in [0.15, 0.2) is 0 Å². The number of halogens is 3. The fourth-order valence-electron chi connectivity index (χ4n) is 0.542. The van der Waals surface area contributed by atoms with Crippen LogP contribution in [0.25, 0.3) is 0 Å². The van der Waals surface area contributed by atoms with E-state index in [1.165, 1.54) is 12.1 Å². The maximum absolute atomic E-state index is 12.5. The monoisotopic (exact) mass is 240 g/mol. The third kappa shape index (κ3) is 1.65. The van der Waals surface area contributed by atoms with E-state index in [2.05, 4.69) is 28.6 Å². The minimum atomic E-state index is -0.346. The lowest BCUT2D eigenvalue weighted by Gasteiger charge is -1.98. The van der Waals surface area contributed by atoms with Gasteiger partial charge in [-0.15, -0.1) is 12.6 Å². The summed E-state index contributed by atoms with van der Waals surface area (Å²) in [5.41, 5.74) is 0. The summed E-state index contributed by atoms with van der Waals surface area (Å²) in [7, 11) is 0. The van der Waals surface area contributed by atoms with Crippen LogP contribution in [0.3, 0.4) is 0 Å². The average Bonchev–Trinajstić information content (AvgIpc) is 1.82. The van der Waals surface area contributed by atoms with Crippen molar-refractivity contribution >= 4 is 40.2 Å². The molecule has 0 bridgehead atoms. The summed E-state index contributed by atoms with van der Waals surface area (Å²) < 4.78 is 13.0. The van der Waals surface area contributed by atoms with Crippen LogP contribution in [0.2, 0.25) is 5.02 Å². The summed E-state index contributed by atoms with van der Waals surface area (Å²) in [6, 6.07) is 2.55. The van der Waals surface area contributed by atoms with E-state index in [1.807, 2.05) is 0 Å². The van der Waals surface area contributed by atoms with Crippen molar-refractivity contribution in [2.24, 2.45) is 0 Å². The van der Waals surface area contributed by atoms with Gasteiger partial charge in [0.25, 0.3) is 0 Å². The van der Waals surface area contributed by atoms with Crippen LogP contribution in [-0.4, -0.2) is 0 Å². The quantitative estimate of drug-likeness (QED) is 0.521. The highest BCUT2D eigenvalue weighted by atomic mass is 79.9. The van der Waals surface area contributed by atoms with Gasteiger partial charge in [0.1, 0.15) is 5.82 Å². The van der Waals surface area contributed by atoms with Crippen LogP contribution in [0.15, 0.2) is 21.5 Å². The van der Waals surface area contributed by atoms with Gasteiger partial charge in [0.2, 0.25) is 0 Å². The molecule has 0 aliphatic rings. The van der Waals surface area contributed by atoms with Crippen molar-refractivity contribution in [3.8, 4) is 0 Å². The first-order valence-electron chi connectivity index (χ1n) is 2.45. The normalized spacial score (nSPS) is 10.0. The van der Waals surface area contributed by atoms with Crippen LogP contribution in [0.4, 0.5) is 4.39 Å². The molecule has 54 valence electrons. The van der Waals surface area contributed by atoms with Crippen molar-refractivity contribution in [2.45, 2.75) is 4.90 Å². The molecule has 0 fully saturated rings. The predicted molar refractivity (Wildman–Crippen MR) is 46.4 cm³/mol. The van der Waals surface area contributed by atoms with Gasteiger partial charge in [0.05, 0.1) is 5.02 Å². The van der Waals surface area contributed by atoms with Gasteiger partial charge in [-0.3, -0.25) is 0 Å². The molecule has 0 aliphatic carbocycles. The minimum Gasteiger partial charge on any atom is -0.207 e. The molecule has 4 heteroatoms. The lowest BCUT2D eigenvalue weighted by atomic mass is 10.3. The average molecular weight is 242 g/mol. The molecule has 1 rings (SSSR count). The molecule has 0 saturated heterocycles. The topological polar surface area (TPSA) is 0 Å². The Morgan fingerprint density at radius 3 is 2.60 bits per heavy atom. The third-order valence-corrected chi connectivity index (χ3v) is 2.72. The zero-order chi connectivity index (χ0) is 7.72. The SMILES string of the molecule is Fc1cc(S)c(Cl)c(Br)c1. The van der Waals surface area contributed by atoms with Gasteiger partial charge in [-0.25, -0.2) is 4.39 Å². The van der Waals surface area contributed by atoms with Crippen LogP contribution in [0.5, 0.6) is 0 Å². The summed E-state index contributed by atoms with van der Waals surface area (Å²) in [6.07, 6.45) is 0. The first-order valence-corrected chi connectivity index (χ1v) is 4.06. The van der Waals surface area contributed by atoms with Gasteiger partial charge in [-0.05, 0) is 28.1 Å². The van der Waals surface area contributed by atoms with E-state index in [0.29, 0.717) is 14.4 Å². The molecule has 0 atom stereocenters. The van der Waals surface area contributed by atoms with Gasteiger partial charge in [-0.2, -0.15) is 0 Å². The van der Waals surface area contributed by atoms with E-state index in [4.69, 9.17) is 11.6 Å². The summed E-state index contributed by atoms with van der Waals surface area (Å²) >= 11 is 12.7. The highest BCUT2D eigenvalue weighted by Crippen LogP contribution is 2.29. The molecule has 0 amide bonds. The fourth-order valence-corrected chi connectivity index (χ4v) is 1.48. The maximum Gasteiger partial charge on any atom is 0.125 e. The Kier molecular flexibility index (Phi) is 2.61. The first kappa shape index (κ1) is 8.37. The Balaban J connectivity index is 3.31. The lowest BCUT2D eigenvalue weighted by Crippen LogP contribution is -1.77. The molecular formula is C6H3BrClFS. The number of rotatable bonds is 0. The molecule has 0 N–H and O–H groups in total. The molecule has 0 unspecified atom stereocenters. The number of benzene rings is 1. The Morgan fingerprint density at radius 1 is 1.50 bits per heavy atom. The molecule has 10 heavy (non-hydrogen) atoms. The molecule has 0 spiro atoms. The largest absolute Gasteiger partial charge is 0.207 e. The molecule has 0 radical (unpaired) electrons. The van der Waals surface area contributed by atoms with Crippen molar-refractivity contribution in [3.63, 3.8) is 0 Å². The number of hydrogen-bond acceptors (Lipinski definition) is 1. The second-order valence-electron chi connectivity index (χ2n) is 1.72. The van der Waals surface area contributed by atoms with Crippen molar-refractivity contribution in [3.05, 3.63) is 27.4 Å². The Bertz CT molecular complexity index is 241. The Labute approximate surface area is 76.9 Å². The maximum atomic E-state index is 12.5. The molecule has 0 aromatic heterocycles. The van der Waals surface area contributed by atoms with Crippen molar-refractivity contribution in [2.75, 3.05) is 0 Å². The highest BCUT2D eigenvalue weighted by molar-refractivity contribution is 9.10. The molecular weight excluding hydrogens is 238 g/mol. The third-order valence-electron chi connectivity index (χ3n) is 0.974. The smallest absolute Gasteiger partial charge is 0.125 e. The van der Waals surface area contributed by atoms with Crippen molar-refractivity contribution in [1.82, 2.24) is 0 Å². The van der Waals surface area contributed by atoms with Crippen LogP contribution in [0, 0.1) is 5.82 Å². The molecule has 0 nitrogen and oxygen atoms in total. The zero-order valence-corrected chi connectivity index (χ0v) is 7.97. The van der Waals surface area contributed by atoms with E-state index in [0.717, 1.165) is 0 Å². The number of hydrogen-bond donors (Lipinski definition) is 1. The van der Waals surface area contributed by atoms with E-state index in [1.54, 1.807) is 0 Å². The van der Waals surface area contributed by atoms with Gasteiger partial charge >= 0.3 is 0 Å². The molecule has 0 heterocycles. The van der Waals surface area contributed by atoms with Crippen LogP contribution >= 0.6 is 40.2 Å². The summed E-state index contributed by atoms with van der Waals surface area (Å²) in [5, 5.41) is 0.435.